The molecule has 0 fully saturated rings. The van der Waals surface area contributed by atoms with Crippen LogP contribution in [0, 0.1) is 0 Å². The summed E-state index contributed by atoms with van der Waals surface area (Å²) in [6.45, 7) is 3.82. The van der Waals surface area contributed by atoms with E-state index in [1.165, 1.54) is 30.1 Å². The molecule has 1 aromatic heterocycles. The van der Waals surface area contributed by atoms with Crippen molar-refractivity contribution < 1.29 is 28.5 Å². The van der Waals surface area contributed by atoms with Gasteiger partial charge in [-0.25, -0.2) is 9.79 Å². The second-order valence-electron chi connectivity index (χ2n) is 8.14. The molecule has 0 N–H and O–H groups in total. The van der Waals surface area contributed by atoms with E-state index in [9.17, 15) is 9.59 Å². The fraction of sp³-hybridized carbons (Fsp3) is 0.269. The number of aromatic nitrogens is 1. The normalized spacial score (nSPS) is 16.4. The largest absolute Gasteiger partial charge is 0.493 e. The number of halogens is 1. The van der Waals surface area contributed by atoms with Crippen molar-refractivity contribution in [3.05, 3.63) is 76.9 Å². The number of carbonyl (C=O) groups excluding carboxylic acids is 1. The SMILES string of the molecule is CCOC(=O)C1=C(C)N=c2sc(=Cc3ccc4c(c3)OCO4)c(=O)n2C1c1cc(OC)c(OC)cc1Br. The van der Waals surface area contributed by atoms with Crippen molar-refractivity contribution in [2.45, 2.75) is 19.9 Å². The van der Waals surface area contributed by atoms with Crippen LogP contribution in [-0.4, -0.2) is 38.2 Å². The molecule has 0 spiro atoms. The van der Waals surface area contributed by atoms with Crippen molar-refractivity contribution in [2.75, 3.05) is 27.6 Å². The summed E-state index contributed by atoms with van der Waals surface area (Å²) < 4.78 is 29.8. The molecule has 2 aliphatic rings. The molecule has 1 unspecified atom stereocenters. The van der Waals surface area contributed by atoms with Gasteiger partial charge < -0.3 is 23.7 Å². The Morgan fingerprint density at radius 1 is 1.19 bits per heavy atom. The standard InChI is InChI=1S/C26H23BrN2O7S/c1-5-34-25(31)22-13(2)28-26-29(23(22)15-10-18(32-3)19(33-4)11-16(15)27)24(30)21(37-26)9-14-6-7-17-20(8-14)36-12-35-17/h6-11,23H,5,12H2,1-4H3. The molecule has 3 aromatic rings. The van der Waals surface area contributed by atoms with Crippen molar-refractivity contribution in [1.29, 1.82) is 0 Å². The highest BCUT2D eigenvalue weighted by molar-refractivity contribution is 9.10. The van der Waals surface area contributed by atoms with Crippen molar-refractivity contribution in [3.63, 3.8) is 0 Å². The second-order valence-corrected chi connectivity index (χ2v) is 10.0. The smallest absolute Gasteiger partial charge is 0.338 e. The van der Waals surface area contributed by atoms with Gasteiger partial charge in [-0.3, -0.25) is 9.36 Å². The molecule has 37 heavy (non-hydrogen) atoms. The lowest BCUT2D eigenvalue weighted by Gasteiger charge is -2.26. The highest BCUT2D eigenvalue weighted by Crippen LogP contribution is 2.41. The molecule has 0 saturated carbocycles. The highest BCUT2D eigenvalue weighted by Gasteiger charge is 2.35. The lowest BCUT2D eigenvalue weighted by atomic mass is 9.95. The maximum Gasteiger partial charge on any atom is 0.338 e. The number of allylic oxidation sites excluding steroid dienone is 1. The van der Waals surface area contributed by atoms with Crippen LogP contribution in [0.25, 0.3) is 6.08 Å². The number of rotatable bonds is 6. The molecule has 0 aliphatic carbocycles. The fourth-order valence-electron chi connectivity index (χ4n) is 4.32. The highest BCUT2D eigenvalue weighted by atomic mass is 79.9. The van der Waals surface area contributed by atoms with E-state index in [-0.39, 0.29) is 24.5 Å². The van der Waals surface area contributed by atoms with Crippen LogP contribution in [0.1, 0.15) is 31.0 Å². The minimum absolute atomic E-state index is 0.164. The number of thiazole rings is 1. The summed E-state index contributed by atoms with van der Waals surface area (Å²) in [5.41, 5.74) is 1.87. The average molecular weight is 587 g/mol. The summed E-state index contributed by atoms with van der Waals surface area (Å²) in [5, 5.41) is 0. The van der Waals surface area contributed by atoms with E-state index in [2.05, 4.69) is 20.9 Å². The van der Waals surface area contributed by atoms with E-state index in [4.69, 9.17) is 23.7 Å². The van der Waals surface area contributed by atoms with Gasteiger partial charge in [0.25, 0.3) is 5.56 Å². The van der Waals surface area contributed by atoms with Crippen LogP contribution in [-0.2, 0) is 9.53 Å². The van der Waals surface area contributed by atoms with Gasteiger partial charge in [0.2, 0.25) is 6.79 Å². The summed E-state index contributed by atoms with van der Waals surface area (Å²) in [6, 6.07) is 8.16. The minimum Gasteiger partial charge on any atom is -0.493 e. The summed E-state index contributed by atoms with van der Waals surface area (Å²) in [4.78, 5) is 32.1. The van der Waals surface area contributed by atoms with Gasteiger partial charge in [-0.15, -0.1) is 0 Å². The number of benzene rings is 2. The monoisotopic (exact) mass is 586 g/mol. The molecular formula is C26H23BrN2O7S. The molecule has 192 valence electrons. The van der Waals surface area contributed by atoms with Crippen molar-refractivity contribution >= 4 is 39.3 Å². The molecule has 0 saturated heterocycles. The van der Waals surface area contributed by atoms with Crippen LogP contribution < -0.4 is 33.8 Å². The van der Waals surface area contributed by atoms with Crippen molar-refractivity contribution in [2.24, 2.45) is 4.99 Å². The van der Waals surface area contributed by atoms with Crippen molar-refractivity contribution in [1.82, 2.24) is 4.57 Å². The first-order valence-electron chi connectivity index (χ1n) is 11.4. The first-order chi connectivity index (χ1) is 17.9. The first kappa shape index (κ1) is 25.1. The van der Waals surface area contributed by atoms with E-state index in [0.29, 0.717) is 48.1 Å². The number of hydrogen-bond acceptors (Lipinski definition) is 9. The number of ether oxygens (including phenoxy) is 5. The number of nitrogens with zero attached hydrogens (tertiary/aromatic N) is 2. The van der Waals surface area contributed by atoms with Gasteiger partial charge in [0, 0.05) is 4.47 Å². The van der Waals surface area contributed by atoms with Gasteiger partial charge in [0.05, 0.1) is 42.7 Å². The van der Waals surface area contributed by atoms with Crippen LogP contribution >= 0.6 is 27.3 Å². The van der Waals surface area contributed by atoms with Gasteiger partial charge in [-0.05, 0) is 55.3 Å². The van der Waals surface area contributed by atoms with Crippen LogP contribution in [0.5, 0.6) is 23.0 Å². The molecule has 3 heterocycles. The predicted octanol–water partition coefficient (Wildman–Crippen LogP) is 3.31. The molecule has 0 radical (unpaired) electrons. The zero-order valence-corrected chi connectivity index (χ0v) is 22.9. The summed E-state index contributed by atoms with van der Waals surface area (Å²) in [6.07, 6.45) is 1.77. The maximum absolute atomic E-state index is 13.8. The third-order valence-corrected chi connectivity index (χ3v) is 7.68. The molecule has 9 nitrogen and oxygen atoms in total. The number of esters is 1. The Labute approximate surface area is 224 Å². The summed E-state index contributed by atoms with van der Waals surface area (Å²) in [5.74, 6) is 1.70. The Kier molecular flexibility index (Phi) is 6.82. The van der Waals surface area contributed by atoms with Crippen LogP contribution in [0.15, 0.2) is 55.9 Å². The zero-order valence-electron chi connectivity index (χ0n) is 20.5. The quantitative estimate of drug-likeness (QED) is 0.409. The van der Waals surface area contributed by atoms with Crippen molar-refractivity contribution in [3.8, 4) is 23.0 Å². The van der Waals surface area contributed by atoms with E-state index in [1.807, 2.05) is 12.1 Å². The van der Waals surface area contributed by atoms with Crippen LogP contribution in [0.3, 0.4) is 0 Å². The minimum atomic E-state index is -0.802. The first-order valence-corrected chi connectivity index (χ1v) is 13.0. The van der Waals surface area contributed by atoms with Gasteiger partial charge in [0.15, 0.2) is 27.8 Å². The third kappa shape index (κ3) is 4.42. The van der Waals surface area contributed by atoms with Gasteiger partial charge in [0.1, 0.15) is 0 Å². The Balaban J connectivity index is 1.74. The zero-order chi connectivity index (χ0) is 26.3. The lowest BCUT2D eigenvalue weighted by molar-refractivity contribution is -0.139. The Morgan fingerprint density at radius 3 is 2.65 bits per heavy atom. The molecule has 0 bridgehead atoms. The van der Waals surface area contributed by atoms with Crippen LogP contribution in [0.4, 0.5) is 0 Å². The Morgan fingerprint density at radius 2 is 1.92 bits per heavy atom. The van der Waals surface area contributed by atoms with Gasteiger partial charge in [-0.2, -0.15) is 0 Å². The molecule has 0 amide bonds. The number of hydrogen-bond donors (Lipinski definition) is 0. The number of carbonyl (C=O) groups is 1. The predicted molar refractivity (Wildman–Crippen MR) is 140 cm³/mol. The summed E-state index contributed by atoms with van der Waals surface area (Å²) in [7, 11) is 3.07. The molecule has 5 rings (SSSR count). The van der Waals surface area contributed by atoms with E-state index in [0.717, 1.165) is 5.56 Å². The number of methoxy groups -OCH3 is 2. The maximum atomic E-state index is 13.8. The van der Waals surface area contributed by atoms with Crippen LogP contribution in [0.2, 0.25) is 0 Å². The number of fused-ring (bicyclic) bond motifs is 2. The fourth-order valence-corrected chi connectivity index (χ4v) is 5.91. The molecule has 1 atom stereocenters. The molecule has 11 heteroatoms. The summed E-state index contributed by atoms with van der Waals surface area (Å²) >= 11 is 4.84. The molecule has 2 aliphatic heterocycles. The Bertz CT molecular complexity index is 1620. The molecular weight excluding hydrogens is 564 g/mol. The average Bonchev–Trinajstić information content (AvgIpc) is 3.47. The lowest BCUT2D eigenvalue weighted by Crippen LogP contribution is -2.40. The van der Waals surface area contributed by atoms with E-state index < -0.39 is 12.0 Å². The van der Waals surface area contributed by atoms with Gasteiger partial charge in [-0.1, -0.05) is 33.3 Å². The third-order valence-electron chi connectivity index (χ3n) is 6.01. The van der Waals surface area contributed by atoms with Gasteiger partial charge >= 0.3 is 5.97 Å². The molecule has 2 aromatic carbocycles. The second kappa shape index (κ2) is 10.1. The van der Waals surface area contributed by atoms with E-state index in [1.54, 1.807) is 38.1 Å². The van der Waals surface area contributed by atoms with E-state index >= 15 is 0 Å². The topological polar surface area (TPSA) is 97.6 Å². The Hall–Kier alpha value is -3.57.